The number of carbonyl (C=O) groups is 1. The number of aryl methyl sites for hydroxylation is 1. The van der Waals surface area contributed by atoms with Crippen molar-refractivity contribution in [2.24, 2.45) is 0 Å². The number of nitro benzene ring substituents is 1. The number of non-ortho nitro benzene ring substituents is 1. The summed E-state index contributed by atoms with van der Waals surface area (Å²) in [7, 11) is 0. The van der Waals surface area contributed by atoms with Crippen LogP contribution in [0, 0.1) is 17.0 Å². The van der Waals surface area contributed by atoms with Gasteiger partial charge in [0, 0.05) is 23.5 Å². The van der Waals surface area contributed by atoms with Crippen LogP contribution in [0.15, 0.2) is 48.5 Å². The number of amides is 1. The first-order valence-corrected chi connectivity index (χ1v) is 8.71. The third-order valence-corrected chi connectivity index (χ3v) is 4.61. The maximum absolute atomic E-state index is 12.2. The number of nitrogens with one attached hydrogen (secondary N) is 2. The van der Waals surface area contributed by atoms with Gasteiger partial charge in [-0.05, 0) is 36.8 Å². The van der Waals surface area contributed by atoms with Crippen LogP contribution in [-0.4, -0.2) is 43.6 Å². The lowest BCUT2D eigenvalue weighted by atomic mass is 10.2. The molecule has 0 spiro atoms. The second-order valence-corrected chi connectivity index (χ2v) is 6.60. The van der Waals surface area contributed by atoms with Crippen molar-refractivity contribution in [1.29, 1.82) is 0 Å². The van der Waals surface area contributed by atoms with Crippen LogP contribution in [0.2, 0.25) is 0 Å². The minimum absolute atomic E-state index is 0.0226. The van der Waals surface area contributed by atoms with E-state index in [1.807, 2.05) is 31.2 Å². The molecule has 26 heavy (non-hydrogen) atoms. The lowest BCUT2D eigenvalue weighted by Crippen LogP contribution is -3.15. The summed E-state index contributed by atoms with van der Waals surface area (Å²) in [5.74, 6) is 0.0226. The number of nitrogens with zero attached hydrogens (tertiary/aromatic N) is 2. The van der Waals surface area contributed by atoms with Gasteiger partial charge in [-0.25, -0.2) is 0 Å². The van der Waals surface area contributed by atoms with Gasteiger partial charge in [-0.2, -0.15) is 0 Å². The van der Waals surface area contributed by atoms with Gasteiger partial charge in [0.25, 0.3) is 11.6 Å². The number of benzene rings is 2. The predicted molar refractivity (Wildman–Crippen MR) is 101 cm³/mol. The van der Waals surface area contributed by atoms with Gasteiger partial charge in [0.15, 0.2) is 6.54 Å². The van der Waals surface area contributed by atoms with Crippen molar-refractivity contribution in [2.45, 2.75) is 6.92 Å². The molecule has 0 bridgehead atoms. The number of anilines is 2. The van der Waals surface area contributed by atoms with Gasteiger partial charge in [-0.3, -0.25) is 14.9 Å². The molecule has 0 aromatic heterocycles. The van der Waals surface area contributed by atoms with E-state index in [-0.39, 0.29) is 11.6 Å². The number of carbonyl (C=O) groups excluding carboxylic acids is 1. The number of hydrogen-bond acceptors (Lipinski definition) is 4. The van der Waals surface area contributed by atoms with E-state index in [1.165, 1.54) is 17.0 Å². The number of quaternary nitrogens is 1. The maximum atomic E-state index is 12.2. The fraction of sp³-hybridized carbons (Fsp3) is 0.316. The van der Waals surface area contributed by atoms with Gasteiger partial charge < -0.3 is 15.1 Å². The Morgan fingerprint density at radius 1 is 1.19 bits per heavy atom. The summed E-state index contributed by atoms with van der Waals surface area (Å²) < 4.78 is 0. The van der Waals surface area contributed by atoms with E-state index in [0.717, 1.165) is 43.1 Å². The van der Waals surface area contributed by atoms with Crippen molar-refractivity contribution in [2.75, 3.05) is 42.9 Å². The topological polar surface area (TPSA) is 79.9 Å². The van der Waals surface area contributed by atoms with E-state index in [4.69, 9.17) is 0 Å². The molecule has 1 fully saturated rings. The summed E-state index contributed by atoms with van der Waals surface area (Å²) in [4.78, 5) is 26.0. The van der Waals surface area contributed by atoms with Crippen LogP contribution in [0.5, 0.6) is 0 Å². The molecule has 7 nitrogen and oxygen atoms in total. The summed E-state index contributed by atoms with van der Waals surface area (Å²) in [5, 5.41) is 13.7. The Bertz CT molecular complexity index is 784. The first kappa shape index (κ1) is 17.9. The van der Waals surface area contributed by atoms with Crippen LogP contribution < -0.4 is 15.1 Å². The highest BCUT2D eigenvalue weighted by molar-refractivity contribution is 5.91. The Hall–Kier alpha value is -2.93. The largest absolute Gasteiger partial charge is 0.360 e. The molecule has 3 rings (SSSR count). The lowest BCUT2D eigenvalue weighted by molar-refractivity contribution is -0.892. The minimum atomic E-state index is -0.390. The second-order valence-electron chi connectivity index (χ2n) is 6.60. The zero-order valence-corrected chi connectivity index (χ0v) is 14.8. The fourth-order valence-corrected chi connectivity index (χ4v) is 3.20. The third kappa shape index (κ3) is 4.58. The van der Waals surface area contributed by atoms with Crippen LogP contribution in [-0.2, 0) is 4.79 Å². The third-order valence-electron chi connectivity index (χ3n) is 4.61. The van der Waals surface area contributed by atoms with Crippen LogP contribution >= 0.6 is 0 Å². The molecule has 136 valence electrons. The Morgan fingerprint density at radius 3 is 2.50 bits per heavy atom. The highest BCUT2D eigenvalue weighted by atomic mass is 16.6. The van der Waals surface area contributed by atoms with Gasteiger partial charge in [-0.15, -0.1) is 0 Å². The van der Waals surface area contributed by atoms with Gasteiger partial charge in [0.05, 0.1) is 31.1 Å². The molecule has 1 aliphatic heterocycles. The highest BCUT2D eigenvalue weighted by Crippen LogP contribution is 2.19. The molecule has 1 saturated heterocycles. The van der Waals surface area contributed by atoms with Crippen molar-refractivity contribution in [3.05, 3.63) is 64.2 Å². The van der Waals surface area contributed by atoms with E-state index >= 15 is 0 Å². The number of rotatable bonds is 5. The van der Waals surface area contributed by atoms with Crippen molar-refractivity contribution < 1.29 is 14.6 Å². The van der Waals surface area contributed by atoms with Crippen molar-refractivity contribution >= 4 is 23.0 Å². The van der Waals surface area contributed by atoms with Crippen molar-refractivity contribution in [3.63, 3.8) is 0 Å². The monoisotopic (exact) mass is 355 g/mol. The molecular formula is C19H23N4O3+. The number of nitro groups is 1. The second kappa shape index (κ2) is 7.97. The highest BCUT2D eigenvalue weighted by Gasteiger charge is 2.22. The molecule has 2 aromatic rings. The van der Waals surface area contributed by atoms with Gasteiger partial charge in [-0.1, -0.05) is 12.1 Å². The predicted octanol–water partition coefficient (Wildman–Crippen LogP) is 1.25. The normalized spacial score (nSPS) is 14.9. The SMILES string of the molecule is Cc1cccc(NC(=O)C[NH+]2CCN(c3ccc([N+](=O)[O-])cc3)CC2)c1. The molecule has 7 heteroatoms. The quantitative estimate of drug-likeness (QED) is 0.625. The van der Waals surface area contributed by atoms with E-state index in [9.17, 15) is 14.9 Å². The first-order chi connectivity index (χ1) is 12.5. The summed E-state index contributed by atoms with van der Waals surface area (Å²) in [5.41, 5.74) is 3.04. The van der Waals surface area contributed by atoms with Crippen LogP contribution in [0.4, 0.5) is 17.1 Å². The molecule has 0 aliphatic carbocycles. The molecule has 2 N–H and O–H groups in total. The average Bonchev–Trinajstić information content (AvgIpc) is 2.62. The van der Waals surface area contributed by atoms with Crippen molar-refractivity contribution in [3.8, 4) is 0 Å². The standard InChI is InChI=1S/C19H22N4O3/c1-15-3-2-4-16(13-15)20-19(24)14-21-9-11-22(12-10-21)17-5-7-18(8-6-17)23(25)26/h2-8,13H,9-12,14H2,1H3,(H,20,24)/p+1. The molecule has 0 saturated carbocycles. The van der Waals surface area contributed by atoms with Gasteiger partial charge >= 0.3 is 0 Å². The van der Waals surface area contributed by atoms with E-state index < -0.39 is 4.92 Å². The molecule has 0 atom stereocenters. The van der Waals surface area contributed by atoms with E-state index in [1.54, 1.807) is 12.1 Å². The zero-order valence-electron chi connectivity index (χ0n) is 14.8. The van der Waals surface area contributed by atoms with Crippen LogP contribution in [0.1, 0.15) is 5.56 Å². The maximum Gasteiger partial charge on any atom is 0.279 e. The molecule has 1 aliphatic rings. The molecule has 1 amide bonds. The molecular weight excluding hydrogens is 332 g/mol. The molecule has 2 aromatic carbocycles. The smallest absolute Gasteiger partial charge is 0.279 e. The van der Waals surface area contributed by atoms with E-state index in [0.29, 0.717) is 6.54 Å². The molecule has 0 radical (unpaired) electrons. The summed E-state index contributed by atoms with van der Waals surface area (Å²) in [6.45, 7) is 5.81. The number of hydrogen-bond donors (Lipinski definition) is 2. The summed E-state index contributed by atoms with van der Waals surface area (Å²) >= 11 is 0. The summed E-state index contributed by atoms with van der Waals surface area (Å²) in [6, 6.07) is 14.4. The first-order valence-electron chi connectivity index (χ1n) is 8.71. The minimum Gasteiger partial charge on any atom is -0.360 e. The lowest BCUT2D eigenvalue weighted by Gasteiger charge is -2.33. The average molecular weight is 355 g/mol. The van der Waals surface area contributed by atoms with Gasteiger partial charge in [0.2, 0.25) is 0 Å². The Kier molecular flexibility index (Phi) is 5.48. The van der Waals surface area contributed by atoms with Crippen LogP contribution in [0.25, 0.3) is 0 Å². The van der Waals surface area contributed by atoms with E-state index in [2.05, 4.69) is 10.2 Å². The Balaban J connectivity index is 1.49. The molecule has 1 heterocycles. The Morgan fingerprint density at radius 2 is 1.88 bits per heavy atom. The summed E-state index contributed by atoms with van der Waals surface area (Å²) in [6.07, 6.45) is 0. The molecule has 0 unspecified atom stereocenters. The van der Waals surface area contributed by atoms with Crippen LogP contribution in [0.3, 0.4) is 0 Å². The van der Waals surface area contributed by atoms with Gasteiger partial charge in [0.1, 0.15) is 0 Å². The fourth-order valence-electron chi connectivity index (χ4n) is 3.20. The Labute approximate surface area is 152 Å². The zero-order chi connectivity index (χ0) is 18.5. The van der Waals surface area contributed by atoms with Crippen molar-refractivity contribution in [1.82, 2.24) is 0 Å². The number of piperazine rings is 1.